The summed E-state index contributed by atoms with van der Waals surface area (Å²) in [7, 11) is -4.92. The van der Waals surface area contributed by atoms with Crippen molar-refractivity contribution in [3.8, 4) is 0 Å². The Kier molecular flexibility index (Phi) is 55.2. The van der Waals surface area contributed by atoms with Gasteiger partial charge in [-0.3, -0.25) is 4.55 Å². The second-order valence-electron chi connectivity index (χ2n) is 0.509. The van der Waals surface area contributed by atoms with E-state index >= 15 is 0 Å². The van der Waals surface area contributed by atoms with Gasteiger partial charge in [0.15, 0.2) is 12.3 Å². The number of rotatable bonds is 0. The fourth-order valence-corrected chi connectivity index (χ4v) is 0. The van der Waals surface area contributed by atoms with Gasteiger partial charge in [-0.25, -0.2) is 8.42 Å². The zero-order valence-electron chi connectivity index (χ0n) is 6.21. The van der Waals surface area contributed by atoms with Gasteiger partial charge >= 0.3 is 29.6 Å². The van der Waals surface area contributed by atoms with Crippen LogP contribution >= 0.6 is 12.3 Å². The molecule has 0 fully saturated rings. The zero-order chi connectivity index (χ0) is 9.21. The molecule has 0 aliphatic carbocycles. The largest absolute Gasteiger partial charge is 1.00 e. The van der Waals surface area contributed by atoms with E-state index in [1.807, 2.05) is 6.79 Å². The van der Waals surface area contributed by atoms with Gasteiger partial charge in [0.2, 0.25) is 10.4 Å². The van der Waals surface area contributed by atoms with Crippen molar-refractivity contribution in [2.75, 3.05) is 0 Å². The molecule has 0 aromatic carbocycles. The van der Waals surface area contributed by atoms with Crippen LogP contribution in [0.4, 0.5) is 0 Å². The Morgan fingerprint density at radius 3 is 1.25 bits per heavy atom. The summed E-state index contributed by atoms with van der Waals surface area (Å²) in [5.74, 6) is 0. The molecule has 0 amide bonds. The first-order valence-corrected chi connectivity index (χ1v) is 3.43. The molecule has 0 spiro atoms. The van der Waals surface area contributed by atoms with Crippen molar-refractivity contribution in [3.63, 3.8) is 0 Å². The minimum absolute atomic E-state index is 0. The number of carbonyl (C=O) groups excluding carboxylic acids is 1. The molecular formula is CH8NNaO7S2. The first-order chi connectivity index (χ1) is 4.41. The quantitative estimate of drug-likeness (QED) is 0.144. The molecule has 0 aliphatic rings. The van der Waals surface area contributed by atoms with Crippen molar-refractivity contribution in [1.82, 2.24) is 6.15 Å². The Labute approximate surface area is 96.2 Å². The maximum atomic E-state index is 8.63. The predicted molar refractivity (Wildman–Crippen MR) is 37.3 cm³/mol. The van der Waals surface area contributed by atoms with Gasteiger partial charge in [0.1, 0.15) is 6.79 Å². The maximum absolute atomic E-state index is 8.63. The van der Waals surface area contributed by atoms with E-state index in [1.54, 1.807) is 0 Å². The molecule has 8 nitrogen and oxygen atoms in total. The van der Waals surface area contributed by atoms with E-state index in [0.717, 1.165) is 0 Å². The molecule has 0 atom stereocenters. The van der Waals surface area contributed by atoms with E-state index in [9.17, 15) is 0 Å². The minimum Gasteiger partial charge on any atom is -0.726 e. The molecule has 72 valence electrons. The molecule has 0 radical (unpaired) electrons. The average Bonchev–Trinajstić information content (AvgIpc) is 1.68. The second-order valence-corrected chi connectivity index (χ2v) is 1.53. The fourth-order valence-electron chi connectivity index (χ4n) is 0. The van der Waals surface area contributed by atoms with E-state index < -0.39 is 10.4 Å². The van der Waals surface area contributed by atoms with Gasteiger partial charge in [-0.05, 0) is 0 Å². The third kappa shape index (κ3) is 1730. The molecule has 0 aromatic heterocycles. The van der Waals surface area contributed by atoms with Gasteiger partial charge < -0.3 is 24.6 Å². The standard InChI is InChI=1S/CH2O.H3N.Na.H2O4S.H2O2S/c1-2;;;1-5(2,3)4;1-3-2/h1H2;1H3;;(H2,1,2,3,4);1-2H/q;;+1;;/p-1. The van der Waals surface area contributed by atoms with Crippen LogP contribution in [-0.4, -0.2) is 33.4 Å². The van der Waals surface area contributed by atoms with Crippen molar-refractivity contribution in [3.05, 3.63) is 0 Å². The van der Waals surface area contributed by atoms with E-state index in [2.05, 4.69) is 0 Å². The van der Waals surface area contributed by atoms with E-state index in [4.69, 9.17) is 31.4 Å². The molecule has 6 N–H and O–H groups in total. The third-order valence-corrected chi connectivity index (χ3v) is 0. The Balaban J connectivity index is -0.0000000209. The van der Waals surface area contributed by atoms with Crippen LogP contribution in [0.15, 0.2) is 0 Å². The van der Waals surface area contributed by atoms with Crippen LogP contribution in [0.25, 0.3) is 0 Å². The molecule has 0 saturated carbocycles. The summed E-state index contributed by atoms with van der Waals surface area (Å²) >= 11 is -0.250. The maximum Gasteiger partial charge on any atom is 1.00 e. The summed E-state index contributed by atoms with van der Waals surface area (Å²) in [4.78, 5) is 8.00. The van der Waals surface area contributed by atoms with E-state index in [-0.39, 0.29) is 48.0 Å². The molecule has 0 bridgehead atoms. The summed E-state index contributed by atoms with van der Waals surface area (Å²) in [6.07, 6.45) is 0. The normalized spacial score (nSPS) is 6.67. The first-order valence-electron chi connectivity index (χ1n) is 1.34. The van der Waals surface area contributed by atoms with Crippen LogP contribution in [0.1, 0.15) is 0 Å². The predicted octanol–water partition coefficient (Wildman–Crippen LogP) is -3.35. The molecule has 0 saturated heterocycles. The molecular weight excluding hydrogens is 225 g/mol. The molecule has 0 aromatic rings. The Morgan fingerprint density at radius 2 is 1.25 bits per heavy atom. The second kappa shape index (κ2) is 22.6. The van der Waals surface area contributed by atoms with E-state index in [0.29, 0.717) is 0 Å². The van der Waals surface area contributed by atoms with Gasteiger partial charge in [0.25, 0.3) is 0 Å². The summed E-state index contributed by atoms with van der Waals surface area (Å²) in [6.45, 7) is 2.00. The van der Waals surface area contributed by atoms with Crippen molar-refractivity contribution in [1.29, 1.82) is 0 Å². The van der Waals surface area contributed by atoms with Crippen molar-refractivity contribution in [2.45, 2.75) is 0 Å². The van der Waals surface area contributed by atoms with Crippen molar-refractivity contribution < 1.29 is 61.0 Å². The van der Waals surface area contributed by atoms with Gasteiger partial charge in [-0.2, -0.15) is 0 Å². The van der Waals surface area contributed by atoms with Crippen LogP contribution in [0.3, 0.4) is 0 Å². The summed E-state index contributed by atoms with van der Waals surface area (Å²) < 4.78 is 46.9. The Hall–Kier alpha value is 0.770. The van der Waals surface area contributed by atoms with Crippen LogP contribution in [0.2, 0.25) is 0 Å². The first kappa shape index (κ1) is 29.3. The number of hydrogen-bond acceptors (Lipinski definition) is 8. The summed E-state index contributed by atoms with van der Waals surface area (Å²) in [5, 5.41) is 0. The topological polar surface area (TPSA) is 170 Å². The van der Waals surface area contributed by atoms with Crippen LogP contribution < -0.4 is 35.7 Å². The molecule has 11 heteroatoms. The molecule has 0 aliphatic heterocycles. The van der Waals surface area contributed by atoms with Gasteiger partial charge in [0.05, 0.1) is 0 Å². The molecule has 0 unspecified atom stereocenters. The Morgan fingerprint density at radius 1 is 1.25 bits per heavy atom. The minimum atomic E-state index is -4.92. The third-order valence-electron chi connectivity index (χ3n) is 0. The summed E-state index contributed by atoms with van der Waals surface area (Å²) in [6, 6.07) is 0. The van der Waals surface area contributed by atoms with Crippen LogP contribution in [0.5, 0.6) is 0 Å². The van der Waals surface area contributed by atoms with Gasteiger partial charge in [0, 0.05) is 0 Å². The smallest absolute Gasteiger partial charge is 0.726 e. The fraction of sp³-hybridized carbons (Fsp3) is 0. The SMILES string of the molecule is C=O.N.O=S(=O)([O-])O.OSO.[Na+]. The average molecular weight is 233 g/mol. The number of carbonyl (C=O) groups is 1. The van der Waals surface area contributed by atoms with Crippen molar-refractivity contribution in [2.24, 2.45) is 0 Å². The van der Waals surface area contributed by atoms with Crippen LogP contribution in [0, 0.1) is 0 Å². The molecule has 0 rings (SSSR count). The monoisotopic (exact) mass is 233 g/mol. The van der Waals surface area contributed by atoms with Crippen LogP contribution in [-0.2, 0) is 15.2 Å². The van der Waals surface area contributed by atoms with Gasteiger partial charge in [-0.1, -0.05) is 0 Å². The summed E-state index contributed by atoms with van der Waals surface area (Å²) in [5.41, 5.74) is 0. The zero-order valence-corrected chi connectivity index (χ0v) is 9.84. The molecule has 12 heavy (non-hydrogen) atoms. The molecule has 0 heterocycles. The number of hydrogen-bond donors (Lipinski definition) is 4. The van der Waals surface area contributed by atoms with Gasteiger partial charge in [-0.15, -0.1) is 0 Å². The van der Waals surface area contributed by atoms with Crippen molar-refractivity contribution >= 4 is 29.5 Å². The van der Waals surface area contributed by atoms with E-state index in [1.165, 1.54) is 0 Å². The Bertz CT molecular complexity index is 126.